The Morgan fingerprint density at radius 3 is 2.52 bits per heavy atom. The highest BCUT2D eigenvalue weighted by Crippen LogP contribution is 2.60. The molecule has 0 unspecified atom stereocenters. The van der Waals surface area contributed by atoms with Crippen molar-refractivity contribution in [3.05, 3.63) is 30.3 Å². The van der Waals surface area contributed by atoms with E-state index in [1.165, 1.54) is 18.5 Å². The van der Waals surface area contributed by atoms with Crippen LogP contribution in [0.1, 0.15) is 52.9 Å². The minimum atomic E-state index is -0.684. The maximum absolute atomic E-state index is 6.77. The number of piperazine rings is 1. The lowest BCUT2D eigenvalue weighted by molar-refractivity contribution is -0.571. The zero-order valence-corrected chi connectivity index (χ0v) is 20.4. The van der Waals surface area contributed by atoms with Gasteiger partial charge in [-0.2, -0.15) is 0 Å². The molecule has 1 saturated carbocycles. The summed E-state index contributed by atoms with van der Waals surface area (Å²) in [6, 6.07) is 10.8. The second kappa shape index (κ2) is 8.49. The van der Waals surface area contributed by atoms with Crippen LogP contribution in [-0.4, -0.2) is 61.4 Å². The first-order chi connectivity index (χ1) is 16.0. The first-order valence-electron chi connectivity index (χ1n) is 13.2. The van der Waals surface area contributed by atoms with E-state index in [0.717, 1.165) is 52.0 Å². The quantitative estimate of drug-likeness (QED) is 0.624. The molecule has 1 aliphatic carbocycles. The highest BCUT2D eigenvalue weighted by Gasteiger charge is 2.69. The molecule has 5 saturated heterocycles. The SMILES string of the molecule is C[C@H]1[C@@H](CCN2CCN(c3ccccc3)CC2)O[C@@H]2O[C@]3(C)CC[C@H]4[C@H](C)CC[C@@H]1[C@@]24OO3. The summed E-state index contributed by atoms with van der Waals surface area (Å²) in [5.41, 5.74) is 0.897. The summed E-state index contributed by atoms with van der Waals surface area (Å²) >= 11 is 0. The van der Waals surface area contributed by atoms with Gasteiger partial charge < -0.3 is 14.4 Å². The number of hydrogen-bond acceptors (Lipinski definition) is 6. The van der Waals surface area contributed by atoms with E-state index >= 15 is 0 Å². The molecule has 182 valence electrons. The number of nitrogens with zero attached hydrogens (tertiary/aromatic N) is 2. The number of benzene rings is 1. The number of fused-ring (bicyclic) bond motifs is 2. The zero-order valence-electron chi connectivity index (χ0n) is 20.4. The average molecular weight is 457 g/mol. The number of ether oxygens (including phenoxy) is 2. The van der Waals surface area contributed by atoms with Gasteiger partial charge in [0.1, 0.15) is 0 Å². The molecule has 0 aromatic heterocycles. The van der Waals surface area contributed by atoms with Crippen molar-refractivity contribution in [3.8, 4) is 0 Å². The van der Waals surface area contributed by atoms with E-state index in [0.29, 0.717) is 23.7 Å². The average Bonchev–Trinajstić information content (AvgIpc) is 3.07. The summed E-state index contributed by atoms with van der Waals surface area (Å²) in [7, 11) is 0. The molecule has 0 amide bonds. The Kier molecular flexibility index (Phi) is 5.73. The number of para-hydroxylation sites is 1. The molecule has 33 heavy (non-hydrogen) atoms. The van der Waals surface area contributed by atoms with E-state index in [9.17, 15) is 0 Å². The Balaban J connectivity index is 1.12. The van der Waals surface area contributed by atoms with E-state index in [1.54, 1.807) is 0 Å². The van der Waals surface area contributed by atoms with Gasteiger partial charge in [-0.25, -0.2) is 9.78 Å². The van der Waals surface area contributed by atoms with Crippen molar-refractivity contribution in [3.63, 3.8) is 0 Å². The van der Waals surface area contributed by atoms with Crippen LogP contribution in [0.5, 0.6) is 0 Å². The Morgan fingerprint density at radius 1 is 0.939 bits per heavy atom. The van der Waals surface area contributed by atoms with Gasteiger partial charge in [-0.1, -0.05) is 32.0 Å². The number of hydrogen-bond donors (Lipinski definition) is 0. The predicted molar refractivity (Wildman–Crippen MR) is 127 cm³/mol. The molecule has 0 radical (unpaired) electrons. The molecule has 6 fully saturated rings. The fourth-order valence-corrected chi connectivity index (χ4v) is 7.49. The third-order valence-corrected chi connectivity index (χ3v) is 9.52. The molecule has 1 spiro atoms. The van der Waals surface area contributed by atoms with Crippen LogP contribution in [0.3, 0.4) is 0 Å². The second-order valence-electron chi connectivity index (χ2n) is 11.4. The first-order valence-corrected chi connectivity index (χ1v) is 13.2. The van der Waals surface area contributed by atoms with Crippen molar-refractivity contribution < 1.29 is 19.2 Å². The summed E-state index contributed by atoms with van der Waals surface area (Å²) in [5, 5.41) is 0. The molecule has 6 aliphatic rings. The van der Waals surface area contributed by atoms with E-state index < -0.39 is 11.4 Å². The molecule has 5 heterocycles. The highest BCUT2D eigenvalue weighted by atomic mass is 17.3. The largest absolute Gasteiger partial charge is 0.369 e. The fraction of sp³-hybridized carbons (Fsp3) is 0.778. The molecule has 0 N–H and O–H groups in total. The summed E-state index contributed by atoms with van der Waals surface area (Å²) in [5.74, 6) is 1.25. The normalized spacial score (nSPS) is 45.5. The van der Waals surface area contributed by atoms with Crippen molar-refractivity contribution in [1.82, 2.24) is 4.90 Å². The van der Waals surface area contributed by atoms with Crippen LogP contribution in [0.4, 0.5) is 5.69 Å². The Morgan fingerprint density at radius 2 is 1.73 bits per heavy atom. The first kappa shape index (κ1) is 22.3. The van der Waals surface area contributed by atoms with Crippen LogP contribution < -0.4 is 4.90 Å². The Labute approximate surface area is 198 Å². The van der Waals surface area contributed by atoms with Gasteiger partial charge in [0.25, 0.3) is 0 Å². The van der Waals surface area contributed by atoms with Crippen molar-refractivity contribution >= 4 is 5.69 Å². The van der Waals surface area contributed by atoms with E-state index in [2.05, 4.69) is 54.0 Å². The molecular formula is C27H40N2O4. The van der Waals surface area contributed by atoms with Crippen molar-refractivity contribution in [2.45, 2.75) is 76.7 Å². The van der Waals surface area contributed by atoms with E-state index in [4.69, 9.17) is 19.2 Å². The minimum absolute atomic E-state index is 0.207. The summed E-state index contributed by atoms with van der Waals surface area (Å²) in [6.07, 6.45) is 5.36. The predicted octanol–water partition coefficient (Wildman–Crippen LogP) is 4.45. The minimum Gasteiger partial charge on any atom is -0.369 e. The Hall–Kier alpha value is -1.18. The van der Waals surface area contributed by atoms with Gasteiger partial charge >= 0.3 is 0 Å². The molecule has 2 bridgehead atoms. The molecule has 6 nitrogen and oxygen atoms in total. The van der Waals surface area contributed by atoms with Gasteiger partial charge in [-0.15, -0.1) is 0 Å². The number of anilines is 1. The van der Waals surface area contributed by atoms with Crippen molar-refractivity contribution in [1.29, 1.82) is 0 Å². The maximum Gasteiger partial charge on any atom is 0.201 e. The third kappa shape index (κ3) is 3.73. The third-order valence-electron chi connectivity index (χ3n) is 9.52. The van der Waals surface area contributed by atoms with Gasteiger partial charge in [-0.05, 0) is 62.5 Å². The molecule has 8 atom stereocenters. The molecule has 1 aromatic carbocycles. The van der Waals surface area contributed by atoms with Crippen LogP contribution in [0.2, 0.25) is 0 Å². The lowest BCUT2D eigenvalue weighted by atomic mass is 9.57. The maximum atomic E-state index is 6.77. The smallest absolute Gasteiger partial charge is 0.201 e. The molecule has 5 aliphatic heterocycles. The van der Waals surface area contributed by atoms with Crippen LogP contribution >= 0.6 is 0 Å². The van der Waals surface area contributed by atoms with Crippen LogP contribution in [0.15, 0.2) is 30.3 Å². The van der Waals surface area contributed by atoms with Gasteiger partial charge in [0.2, 0.25) is 5.79 Å². The van der Waals surface area contributed by atoms with Crippen LogP contribution in [0, 0.1) is 23.7 Å². The molecular weight excluding hydrogens is 416 g/mol. The number of rotatable bonds is 4. The van der Waals surface area contributed by atoms with Gasteiger partial charge in [0, 0.05) is 50.7 Å². The van der Waals surface area contributed by atoms with E-state index in [1.807, 2.05) is 6.92 Å². The molecule has 7 rings (SSSR count). The van der Waals surface area contributed by atoms with Crippen molar-refractivity contribution in [2.24, 2.45) is 23.7 Å². The monoisotopic (exact) mass is 456 g/mol. The van der Waals surface area contributed by atoms with Crippen LogP contribution in [-0.2, 0) is 19.2 Å². The topological polar surface area (TPSA) is 43.4 Å². The molecule has 1 aromatic rings. The highest BCUT2D eigenvalue weighted by molar-refractivity contribution is 5.46. The van der Waals surface area contributed by atoms with Crippen molar-refractivity contribution in [2.75, 3.05) is 37.6 Å². The lowest BCUT2D eigenvalue weighted by Gasteiger charge is -2.60. The second-order valence-corrected chi connectivity index (χ2v) is 11.4. The fourth-order valence-electron chi connectivity index (χ4n) is 7.49. The van der Waals surface area contributed by atoms with Gasteiger partial charge in [-0.3, -0.25) is 4.90 Å². The van der Waals surface area contributed by atoms with Crippen LogP contribution in [0.25, 0.3) is 0 Å². The standard InChI is InChI=1S/C27H40N2O4/c1-19-9-10-23-20(2)24(30-25-27(23)22(19)11-13-26(3,31-25)32-33-27)12-14-28-15-17-29(18-16-28)21-7-5-4-6-8-21/h4-8,19-20,22-25H,9-18H2,1-3H3/t19-,20-,22+,23+,24-,25-,26+,27-/m1/s1. The summed E-state index contributed by atoms with van der Waals surface area (Å²) in [6.45, 7) is 12.2. The summed E-state index contributed by atoms with van der Waals surface area (Å²) in [4.78, 5) is 17.3. The summed E-state index contributed by atoms with van der Waals surface area (Å²) < 4.78 is 13.3. The lowest BCUT2D eigenvalue weighted by Crippen LogP contribution is -2.70. The van der Waals surface area contributed by atoms with E-state index in [-0.39, 0.29) is 12.4 Å². The van der Waals surface area contributed by atoms with Gasteiger partial charge in [0.05, 0.1) is 6.10 Å². The zero-order chi connectivity index (χ0) is 22.6. The van der Waals surface area contributed by atoms with Gasteiger partial charge in [0.15, 0.2) is 11.9 Å². The Bertz CT molecular complexity index is 831. The molecule has 6 heteroatoms.